The van der Waals surface area contributed by atoms with Gasteiger partial charge < -0.3 is 16.2 Å². The summed E-state index contributed by atoms with van der Waals surface area (Å²) in [4.78, 5) is 0. The molecule has 1 aromatic rings. The Balaban J connectivity index is 2.20. The Hall–Kier alpha value is -0.900. The molecule has 0 aliphatic heterocycles. The third-order valence-electron chi connectivity index (χ3n) is 2.31. The Kier molecular flexibility index (Phi) is 5.32. The molecule has 1 aromatic carbocycles. The van der Waals surface area contributed by atoms with E-state index in [0.29, 0.717) is 6.54 Å². The van der Waals surface area contributed by atoms with Gasteiger partial charge in [-0.15, -0.1) is 0 Å². The summed E-state index contributed by atoms with van der Waals surface area (Å²) in [6.45, 7) is 3.70. The predicted octanol–water partition coefficient (Wildman–Crippen LogP) is 0.447. The van der Waals surface area contributed by atoms with Crippen LogP contribution in [-0.2, 0) is 6.42 Å². The van der Waals surface area contributed by atoms with Gasteiger partial charge in [-0.3, -0.25) is 0 Å². The summed E-state index contributed by atoms with van der Waals surface area (Å²) in [5, 5.41) is 11.9. The van der Waals surface area contributed by atoms with Crippen molar-refractivity contribution < 1.29 is 5.11 Å². The van der Waals surface area contributed by atoms with E-state index in [9.17, 15) is 0 Å². The number of aryl methyl sites for hydroxylation is 1. The van der Waals surface area contributed by atoms with Crippen molar-refractivity contribution >= 4 is 0 Å². The molecule has 4 N–H and O–H groups in total. The van der Waals surface area contributed by atoms with Crippen LogP contribution in [0, 0.1) is 6.92 Å². The van der Waals surface area contributed by atoms with Gasteiger partial charge in [0.25, 0.3) is 0 Å². The van der Waals surface area contributed by atoms with Crippen molar-refractivity contribution in [2.75, 3.05) is 19.7 Å². The molecule has 0 aliphatic rings. The first kappa shape index (κ1) is 12.2. The molecule has 0 bridgehead atoms. The van der Waals surface area contributed by atoms with Gasteiger partial charge in [0.2, 0.25) is 0 Å². The minimum absolute atomic E-state index is 0.0391. The van der Waals surface area contributed by atoms with Gasteiger partial charge in [-0.1, -0.05) is 29.8 Å². The molecule has 1 atom stereocenters. The molecule has 15 heavy (non-hydrogen) atoms. The summed E-state index contributed by atoms with van der Waals surface area (Å²) in [6, 6.07) is 8.33. The first-order valence-electron chi connectivity index (χ1n) is 5.35. The number of rotatable bonds is 6. The average molecular weight is 208 g/mol. The van der Waals surface area contributed by atoms with E-state index in [-0.39, 0.29) is 12.6 Å². The molecule has 1 rings (SSSR count). The fourth-order valence-corrected chi connectivity index (χ4v) is 1.45. The maximum absolute atomic E-state index is 8.72. The summed E-state index contributed by atoms with van der Waals surface area (Å²) >= 11 is 0. The molecule has 3 heteroatoms. The molecule has 3 nitrogen and oxygen atoms in total. The molecule has 0 saturated carbocycles. The lowest BCUT2D eigenvalue weighted by molar-refractivity contribution is 0.262. The number of hydrogen-bond donors (Lipinski definition) is 3. The van der Waals surface area contributed by atoms with Gasteiger partial charge in [0, 0.05) is 12.6 Å². The Morgan fingerprint density at radius 2 is 2.27 bits per heavy atom. The van der Waals surface area contributed by atoms with Crippen molar-refractivity contribution in [3.05, 3.63) is 35.4 Å². The highest BCUT2D eigenvalue weighted by Gasteiger charge is 1.98. The minimum Gasteiger partial charge on any atom is -0.395 e. The molecule has 0 saturated heterocycles. The maximum Gasteiger partial charge on any atom is 0.0594 e. The van der Waals surface area contributed by atoms with Crippen molar-refractivity contribution in [2.24, 2.45) is 5.73 Å². The molecule has 0 amide bonds. The normalized spacial score (nSPS) is 12.7. The van der Waals surface area contributed by atoms with Crippen LogP contribution in [0.5, 0.6) is 0 Å². The summed E-state index contributed by atoms with van der Waals surface area (Å²) < 4.78 is 0. The van der Waals surface area contributed by atoms with E-state index in [2.05, 4.69) is 36.5 Å². The second-order valence-corrected chi connectivity index (χ2v) is 3.89. The second kappa shape index (κ2) is 6.56. The largest absolute Gasteiger partial charge is 0.395 e. The molecular weight excluding hydrogens is 188 g/mol. The number of aliphatic hydroxyl groups excluding tert-OH is 1. The van der Waals surface area contributed by atoms with Crippen molar-refractivity contribution in [3.8, 4) is 0 Å². The van der Waals surface area contributed by atoms with Gasteiger partial charge >= 0.3 is 0 Å². The number of nitrogens with two attached hydrogens (primary N) is 1. The zero-order chi connectivity index (χ0) is 11.1. The third kappa shape index (κ3) is 4.93. The quantitative estimate of drug-likeness (QED) is 0.595. The zero-order valence-corrected chi connectivity index (χ0v) is 9.24. The van der Waals surface area contributed by atoms with Gasteiger partial charge in [-0.2, -0.15) is 0 Å². The van der Waals surface area contributed by atoms with Crippen LogP contribution in [0.4, 0.5) is 0 Å². The van der Waals surface area contributed by atoms with E-state index < -0.39 is 0 Å². The Bertz CT molecular complexity index is 289. The lowest BCUT2D eigenvalue weighted by Gasteiger charge is -2.09. The van der Waals surface area contributed by atoms with Crippen LogP contribution in [0.1, 0.15) is 11.1 Å². The smallest absolute Gasteiger partial charge is 0.0594 e. The van der Waals surface area contributed by atoms with Crippen molar-refractivity contribution in [2.45, 2.75) is 19.4 Å². The molecule has 0 fully saturated rings. The Morgan fingerprint density at radius 1 is 1.47 bits per heavy atom. The highest BCUT2D eigenvalue weighted by atomic mass is 16.3. The van der Waals surface area contributed by atoms with E-state index in [1.54, 1.807) is 0 Å². The van der Waals surface area contributed by atoms with Crippen molar-refractivity contribution in [1.29, 1.82) is 0 Å². The van der Waals surface area contributed by atoms with Crippen LogP contribution in [-0.4, -0.2) is 30.8 Å². The summed E-state index contributed by atoms with van der Waals surface area (Å²) in [5.41, 5.74) is 8.19. The number of benzene rings is 1. The number of aliphatic hydroxyl groups is 1. The highest BCUT2D eigenvalue weighted by molar-refractivity contribution is 5.22. The topological polar surface area (TPSA) is 58.3 Å². The molecule has 0 aromatic heterocycles. The molecular formula is C12H20N2O. The Labute approximate surface area is 91.3 Å². The zero-order valence-electron chi connectivity index (χ0n) is 9.24. The van der Waals surface area contributed by atoms with Gasteiger partial charge in [0.15, 0.2) is 0 Å². The molecule has 0 aliphatic carbocycles. The summed E-state index contributed by atoms with van der Waals surface area (Å²) in [6.07, 6.45) is 1.000. The van der Waals surface area contributed by atoms with Crippen molar-refractivity contribution in [1.82, 2.24) is 5.32 Å². The lowest BCUT2D eigenvalue weighted by Crippen LogP contribution is -2.37. The molecule has 0 spiro atoms. The van der Waals surface area contributed by atoms with Gasteiger partial charge in [-0.05, 0) is 25.5 Å². The fraction of sp³-hybridized carbons (Fsp3) is 0.500. The van der Waals surface area contributed by atoms with Crippen LogP contribution >= 0.6 is 0 Å². The van der Waals surface area contributed by atoms with Gasteiger partial charge in [0.1, 0.15) is 0 Å². The maximum atomic E-state index is 8.72. The minimum atomic E-state index is -0.150. The SMILES string of the molecule is Cc1cccc(CCNCC(N)CO)c1. The first-order chi connectivity index (χ1) is 7.22. The van der Waals surface area contributed by atoms with Gasteiger partial charge in [0.05, 0.1) is 6.61 Å². The molecule has 0 radical (unpaired) electrons. The van der Waals surface area contributed by atoms with Crippen molar-refractivity contribution in [3.63, 3.8) is 0 Å². The van der Waals surface area contributed by atoms with Crippen LogP contribution in [0.25, 0.3) is 0 Å². The summed E-state index contributed by atoms with van der Waals surface area (Å²) in [5.74, 6) is 0. The van der Waals surface area contributed by atoms with Crippen LogP contribution < -0.4 is 11.1 Å². The van der Waals surface area contributed by atoms with E-state index in [4.69, 9.17) is 10.8 Å². The van der Waals surface area contributed by atoms with Crippen LogP contribution in [0.2, 0.25) is 0 Å². The number of nitrogens with one attached hydrogen (secondary N) is 1. The third-order valence-corrected chi connectivity index (χ3v) is 2.31. The summed E-state index contributed by atoms with van der Waals surface area (Å²) in [7, 11) is 0. The molecule has 0 heterocycles. The van der Waals surface area contributed by atoms with E-state index in [1.807, 2.05) is 0 Å². The Morgan fingerprint density at radius 3 is 2.93 bits per heavy atom. The monoisotopic (exact) mass is 208 g/mol. The van der Waals surface area contributed by atoms with E-state index in [0.717, 1.165) is 13.0 Å². The van der Waals surface area contributed by atoms with E-state index >= 15 is 0 Å². The van der Waals surface area contributed by atoms with Crippen LogP contribution in [0.15, 0.2) is 24.3 Å². The average Bonchev–Trinajstić information content (AvgIpc) is 2.24. The number of hydrogen-bond acceptors (Lipinski definition) is 3. The lowest BCUT2D eigenvalue weighted by atomic mass is 10.1. The second-order valence-electron chi connectivity index (χ2n) is 3.89. The fourth-order valence-electron chi connectivity index (χ4n) is 1.45. The molecule has 1 unspecified atom stereocenters. The van der Waals surface area contributed by atoms with Crippen LogP contribution in [0.3, 0.4) is 0 Å². The van der Waals surface area contributed by atoms with E-state index in [1.165, 1.54) is 11.1 Å². The first-order valence-corrected chi connectivity index (χ1v) is 5.35. The predicted molar refractivity (Wildman–Crippen MR) is 62.8 cm³/mol. The van der Waals surface area contributed by atoms with Gasteiger partial charge in [-0.25, -0.2) is 0 Å². The standard InChI is InChI=1S/C12H20N2O/c1-10-3-2-4-11(7-10)5-6-14-8-12(13)9-15/h2-4,7,12,14-15H,5-6,8-9,13H2,1H3. The molecule has 84 valence electrons. The highest BCUT2D eigenvalue weighted by Crippen LogP contribution is 2.03.